The van der Waals surface area contributed by atoms with Gasteiger partial charge in [0, 0.05) is 16.1 Å². The number of fused-ring (bicyclic) bond motifs is 3. The lowest BCUT2D eigenvalue weighted by atomic mass is 9.93. The summed E-state index contributed by atoms with van der Waals surface area (Å²) in [6, 6.07) is 20.5. The van der Waals surface area contributed by atoms with Crippen LogP contribution in [0.1, 0.15) is 15.9 Å². The first kappa shape index (κ1) is 19.4. The molecule has 0 amide bonds. The average molecular weight is 427 g/mol. The lowest BCUT2D eigenvalue weighted by Crippen LogP contribution is -2.36. The standard InChI is InChI=1S/C21H15ClN2O4S/c22-15-8-5-14-11-20(18-4-2-1-3-17(18)19(14)12-15)21(25)13-6-9-16(10-7-13)24(23)29(26,27)28/h1-12H,23H2,(H,26,27,28). The van der Waals surface area contributed by atoms with Gasteiger partial charge in [-0.3, -0.25) is 9.35 Å². The van der Waals surface area contributed by atoms with Gasteiger partial charge in [0.1, 0.15) is 0 Å². The topological polar surface area (TPSA) is 101 Å². The number of nitrogens with two attached hydrogens (primary N) is 1. The Labute approximate surface area is 172 Å². The fraction of sp³-hybridized carbons (Fsp3) is 0. The van der Waals surface area contributed by atoms with Crippen LogP contribution in [0, 0.1) is 0 Å². The monoisotopic (exact) mass is 426 g/mol. The molecule has 0 unspecified atom stereocenters. The number of anilines is 1. The first-order valence-corrected chi connectivity index (χ1v) is 10.3. The quantitative estimate of drug-likeness (QED) is 0.166. The highest BCUT2D eigenvalue weighted by Gasteiger charge is 2.18. The summed E-state index contributed by atoms with van der Waals surface area (Å²) in [5, 5.41) is 4.14. The van der Waals surface area contributed by atoms with E-state index >= 15 is 0 Å². The number of halogens is 1. The third-order valence-electron chi connectivity index (χ3n) is 4.70. The van der Waals surface area contributed by atoms with Crippen LogP contribution < -0.4 is 10.3 Å². The Morgan fingerprint density at radius 2 is 1.55 bits per heavy atom. The van der Waals surface area contributed by atoms with Gasteiger partial charge < -0.3 is 0 Å². The molecule has 146 valence electrons. The molecular weight excluding hydrogens is 412 g/mol. The first-order chi connectivity index (χ1) is 13.8. The lowest BCUT2D eigenvalue weighted by molar-refractivity contribution is 0.104. The third kappa shape index (κ3) is 3.56. The number of rotatable bonds is 4. The van der Waals surface area contributed by atoms with E-state index in [0.717, 1.165) is 21.5 Å². The van der Waals surface area contributed by atoms with E-state index in [-0.39, 0.29) is 15.9 Å². The molecular formula is C21H15ClN2O4S. The SMILES string of the molecule is NN(c1ccc(C(=O)c2cc3ccc(Cl)cc3c3ccccc23)cc1)S(=O)(=O)O. The minimum absolute atomic E-state index is 0.0297. The normalized spacial score (nSPS) is 11.7. The van der Waals surface area contributed by atoms with Gasteiger partial charge >= 0.3 is 10.3 Å². The molecule has 4 aromatic carbocycles. The van der Waals surface area contributed by atoms with Gasteiger partial charge in [-0.2, -0.15) is 12.8 Å². The molecule has 3 N–H and O–H groups in total. The zero-order chi connectivity index (χ0) is 20.8. The summed E-state index contributed by atoms with van der Waals surface area (Å²) in [6.45, 7) is 0. The summed E-state index contributed by atoms with van der Waals surface area (Å²) in [4.78, 5) is 13.2. The average Bonchev–Trinajstić information content (AvgIpc) is 2.71. The number of carbonyl (C=O) groups excluding carboxylic acids is 1. The van der Waals surface area contributed by atoms with E-state index in [4.69, 9.17) is 22.0 Å². The molecule has 0 spiro atoms. The summed E-state index contributed by atoms with van der Waals surface area (Å²) in [5.74, 6) is 5.14. The molecule has 0 bridgehead atoms. The van der Waals surface area contributed by atoms with E-state index in [0.29, 0.717) is 16.1 Å². The third-order valence-corrected chi connectivity index (χ3v) is 5.64. The van der Waals surface area contributed by atoms with Crippen molar-refractivity contribution in [1.29, 1.82) is 0 Å². The second kappa shape index (κ2) is 7.13. The number of ketones is 1. The molecule has 0 radical (unpaired) electrons. The zero-order valence-corrected chi connectivity index (χ0v) is 16.5. The maximum absolute atomic E-state index is 13.2. The highest BCUT2D eigenvalue weighted by molar-refractivity contribution is 7.87. The van der Waals surface area contributed by atoms with Crippen molar-refractivity contribution in [2.75, 3.05) is 4.41 Å². The van der Waals surface area contributed by atoms with Gasteiger partial charge in [-0.1, -0.05) is 41.9 Å². The van der Waals surface area contributed by atoms with E-state index in [1.165, 1.54) is 24.3 Å². The van der Waals surface area contributed by atoms with Crippen molar-refractivity contribution in [1.82, 2.24) is 0 Å². The predicted octanol–water partition coefficient (Wildman–Crippen LogP) is 4.36. The molecule has 0 heterocycles. The van der Waals surface area contributed by atoms with Crippen molar-refractivity contribution in [2.45, 2.75) is 0 Å². The molecule has 0 atom stereocenters. The van der Waals surface area contributed by atoms with Gasteiger partial charge in [-0.25, -0.2) is 5.84 Å². The van der Waals surface area contributed by atoms with Gasteiger partial charge in [0.25, 0.3) is 0 Å². The Kier molecular flexibility index (Phi) is 4.76. The molecule has 0 fully saturated rings. The summed E-state index contributed by atoms with van der Waals surface area (Å²) in [5.41, 5.74) is 0.903. The molecule has 0 saturated carbocycles. The first-order valence-electron chi connectivity index (χ1n) is 8.54. The Balaban J connectivity index is 1.84. The molecule has 29 heavy (non-hydrogen) atoms. The van der Waals surface area contributed by atoms with Crippen molar-refractivity contribution in [3.8, 4) is 0 Å². The minimum Gasteiger partial charge on any atom is -0.289 e. The molecule has 0 aromatic heterocycles. The zero-order valence-electron chi connectivity index (χ0n) is 14.9. The van der Waals surface area contributed by atoms with Crippen molar-refractivity contribution in [3.05, 3.63) is 88.9 Å². The van der Waals surface area contributed by atoms with Crippen LogP contribution in [-0.2, 0) is 10.3 Å². The van der Waals surface area contributed by atoms with E-state index in [1.807, 2.05) is 42.5 Å². The van der Waals surface area contributed by atoms with Crippen LogP contribution >= 0.6 is 11.6 Å². The number of hydrogen-bond acceptors (Lipinski definition) is 4. The Morgan fingerprint density at radius 1 is 0.897 bits per heavy atom. The van der Waals surface area contributed by atoms with Crippen LogP contribution in [0.4, 0.5) is 5.69 Å². The van der Waals surface area contributed by atoms with Gasteiger partial charge in [-0.05, 0) is 64.0 Å². The number of hydrogen-bond donors (Lipinski definition) is 2. The number of nitrogens with zero attached hydrogens (tertiary/aromatic N) is 1. The fourth-order valence-electron chi connectivity index (χ4n) is 3.31. The van der Waals surface area contributed by atoms with Crippen molar-refractivity contribution in [2.24, 2.45) is 5.84 Å². The summed E-state index contributed by atoms with van der Waals surface area (Å²) in [6.07, 6.45) is 0. The van der Waals surface area contributed by atoms with Crippen LogP contribution in [-0.4, -0.2) is 18.8 Å². The van der Waals surface area contributed by atoms with Crippen LogP contribution in [0.3, 0.4) is 0 Å². The Morgan fingerprint density at radius 3 is 2.21 bits per heavy atom. The fourth-order valence-corrected chi connectivity index (χ4v) is 3.87. The number of hydrazine groups is 1. The number of carbonyl (C=O) groups is 1. The van der Waals surface area contributed by atoms with E-state index in [1.54, 1.807) is 6.07 Å². The van der Waals surface area contributed by atoms with E-state index in [9.17, 15) is 13.2 Å². The number of benzene rings is 4. The van der Waals surface area contributed by atoms with Gasteiger partial charge in [-0.15, -0.1) is 0 Å². The maximum Gasteiger partial charge on any atom is 0.373 e. The highest BCUT2D eigenvalue weighted by Crippen LogP contribution is 2.32. The summed E-state index contributed by atoms with van der Waals surface area (Å²) in [7, 11) is -4.58. The predicted molar refractivity (Wildman–Crippen MR) is 115 cm³/mol. The minimum atomic E-state index is -4.58. The molecule has 0 aliphatic carbocycles. The smallest absolute Gasteiger partial charge is 0.289 e. The Hall–Kier alpha value is -2.97. The van der Waals surface area contributed by atoms with Crippen molar-refractivity contribution < 1.29 is 17.8 Å². The van der Waals surface area contributed by atoms with E-state index in [2.05, 4.69) is 0 Å². The van der Waals surface area contributed by atoms with E-state index < -0.39 is 10.3 Å². The van der Waals surface area contributed by atoms with Crippen LogP contribution in [0.15, 0.2) is 72.8 Å². The summed E-state index contributed by atoms with van der Waals surface area (Å²) < 4.78 is 31.6. The highest BCUT2D eigenvalue weighted by atomic mass is 35.5. The van der Waals surface area contributed by atoms with Crippen LogP contribution in [0.2, 0.25) is 5.02 Å². The van der Waals surface area contributed by atoms with Gasteiger partial charge in [0.15, 0.2) is 5.78 Å². The van der Waals surface area contributed by atoms with Crippen LogP contribution in [0.25, 0.3) is 21.5 Å². The molecule has 4 rings (SSSR count). The molecule has 8 heteroatoms. The second-order valence-corrected chi connectivity index (χ2v) is 8.21. The molecule has 4 aromatic rings. The second-order valence-electron chi connectivity index (χ2n) is 6.48. The molecule has 0 aliphatic heterocycles. The molecule has 6 nitrogen and oxygen atoms in total. The maximum atomic E-state index is 13.2. The van der Waals surface area contributed by atoms with Gasteiger partial charge in [0.05, 0.1) is 5.69 Å². The van der Waals surface area contributed by atoms with Gasteiger partial charge in [0.2, 0.25) is 0 Å². The van der Waals surface area contributed by atoms with Crippen molar-refractivity contribution in [3.63, 3.8) is 0 Å². The summed E-state index contributed by atoms with van der Waals surface area (Å²) >= 11 is 6.15. The Bertz CT molecular complexity index is 1370. The largest absolute Gasteiger partial charge is 0.373 e. The molecule has 0 aliphatic rings. The molecule has 0 saturated heterocycles. The van der Waals surface area contributed by atoms with Crippen molar-refractivity contribution >= 4 is 54.9 Å². The van der Waals surface area contributed by atoms with Crippen LogP contribution in [0.5, 0.6) is 0 Å². The lowest BCUT2D eigenvalue weighted by Gasteiger charge is -2.14.